The number of carbonyl (C=O) groups is 2. The van der Waals surface area contributed by atoms with E-state index in [1.165, 1.54) is 0 Å². The van der Waals surface area contributed by atoms with Crippen LogP contribution >= 0.6 is 0 Å². The molecule has 1 aliphatic rings. The van der Waals surface area contributed by atoms with Crippen molar-refractivity contribution in [1.29, 1.82) is 0 Å². The number of hydrogen-bond donors (Lipinski definition) is 0. The Kier molecular flexibility index (Phi) is 3.80. The zero-order chi connectivity index (χ0) is 15.7. The number of ketones is 2. The van der Waals surface area contributed by atoms with Gasteiger partial charge in [0.1, 0.15) is 0 Å². The fourth-order valence-corrected chi connectivity index (χ4v) is 3.12. The van der Waals surface area contributed by atoms with Crippen molar-refractivity contribution in [1.82, 2.24) is 4.90 Å². The van der Waals surface area contributed by atoms with Gasteiger partial charge in [-0.05, 0) is 22.3 Å². The van der Waals surface area contributed by atoms with Crippen LogP contribution in [0.1, 0.15) is 24.3 Å². The van der Waals surface area contributed by atoms with Crippen LogP contribution in [0.2, 0.25) is 0 Å². The van der Waals surface area contributed by atoms with Crippen molar-refractivity contribution in [2.75, 3.05) is 14.1 Å². The number of hydrogen-bond acceptors (Lipinski definition) is 3. The molecular formula is C19H19NO2. The highest BCUT2D eigenvalue weighted by molar-refractivity contribution is 6.22. The second-order valence-corrected chi connectivity index (χ2v) is 6.03. The lowest BCUT2D eigenvalue weighted by molar-refractivity contribution is -0.124. The Balaban J connectivity index is 1.97. The van der Waals surface area contributed by atoms with Crippen LogP contribution in [-0.2, 0) is 9.59 Å². The maximum Gasteiger partial charge on any atom is 0.168 e. The summed E-state index contributed by atoms with van der Waals surface area (Å²) in [5, 5.41) is 2.28. The first-order valence-electron chi connectivity index (χ1n) is 7.48. The molecule has 1 fully saturated rings. The van der Waals surface area contributed by atoms with Gasteiger partial charge in [-0.1, -0.05) is 42.5 Å². The van der Waals surface area contributed by atoms with Crippen LogP contribution in [-0.4, -0.2) is 30.6 Å². The third-order valence-corrected chi connectivity index (χ3v) is 4.11. The summed E-state index contributed by atoms with van der Waals surface area (Å²) >= 11 is 0. The number of Topliss-reactive ketones (excluding diaryl/α,β-unsaturated/α-hetero) is 2. The van der Waals surface area contributed by atoms with E-state index in [2.05, 4.69) is 18.2 Å². The number of benzene rings is 2. The van der Waals surface area contributed by atoms with Crippen LogP contribution in [0.4, 0.5) is 0 Å². The van der Waals surface area contributed by atoms with E-state index in [1.54, 1.807) is 11.1 Å². The van der Waals surface area contributed by atoms with Crippen LogP contribution in [0, 0.1) is 0 Å². The molecule has 3 heteroatoms. The number of rotatable bonds is 2. The molecule has 0 unspecified atom stereocenters. The zero-order valence-electron chi connectivity index (χ0n) is 12.9. The third kappa shape index (κ3) is 2.67. The summed E-state index contributed by atoms with van der Waals surface area (Å²) in [6, 6.07) is 14.2. The lowest BCUT2D eigenvalue weighted by atomic mass is 9.79. The number of nitrogens with zero attached hydrogens (tertiary/aromatic N) is 1. The molecule has 0 aliphatic heterocycles. The minimum absolute atomic E-state index is 0.0228. The average molecular weight is 293 g/mol. The topological polar surface area (TPSA) is 37.4 Å². The smallest absolute Gasteiger partial charge is 0.168 e. The summed E-state index contributed by atoms with van der Waals surface area (Å²) in [5.41, 5.74) is 1.44. The average Bonchev–Trinajstić information content (AvgIpc) is 2.50. The fourth-order valence-electron chi connectivity index (χ4n) is 3.12. The molecule has 3 rings (SSSR count). The minimum atomic E-state index is -0.0529. The van der Waals surface area contributed by atoms with Gasteiger partial charge >= 0.3 is 0 Å². The summed E-state index contributed by atoms with van der Waals surface area (Å²) < 4.78 is 0. The van der Waals surface area contributed by atoms with Gasteiger partial charge in [-0.2, -0.15) is 0 Å². The second-order valence-electron chi connectivity index (χ2n) is 6.03. The van der Waals surface area contributed by atoms with Gasteiger partial charge in [0, 0.05) is 33.1 Å². The Morgan fingerprint density at radius 3 is 2.27 bits per heavy atom. The van der Waals surface area contributed by atoms with Crippen molar-refractivity contribution >= 4 is 22.3 Å². The Bertz CT molecular complexity index is 749. The van der Waals surface area contributed by atoms with E-state index in [9.17, 15) is 9.59 Å². The maximum atomic E-state index is 12.3. The molecule has 0 aromatic heterocycles. The van der Waals surface area contributed by atoms with Gasteiger partial charge in [0.05, 0.1) is 5.57 Å². The van der Waals surface area contributed by atoms with E-state index >= 15 is 0 Å². The molecule has 22 heavy (non-hydrogen) atoms. The van der Waals surface area contributed by atoms with Crippen molar-refractivity contribution < 1.29 is 9.59 Å². The lowest BCUT2D eigenvalue weighted by Gasteiger charge is -2.24. The highest BCUT2D eigenvalue weighted by Crippen LogP contribution is 2.35. The molecule has 0 N–H and O–H groups in total. The standard InChI is InChI=1S/C19H19NO2/c1-20(2)12-17-18(21)10-14(11-19(17)22)16-9-5-7-13-6-3-4-8-15(13)16/h3-9,12,14H,10-11H2,1-2H3. The molecule has 1 saturated carbocycles. The molecular weight excluding hydrogens is 274 g/mol. The maximum absolute atomic E-state index is 12.3. The molecule has 0 saturated heterocycles. The van der Waals surface area contributed by atoms with E-state index in [-0.39, 0.29) is 17.5 Å². The number of fused-ring (bicyclic) bond motifs is 1. The van der Waals surface area contributed by atoms with Crippen LogP contribution in [0.25, 0.3) is 10.8 Å². The third-order valence-electron chi connectivity index (χ3n) is 4.11. The first-order valence-corrected chi connectivity index (χ1v) is 7.48. The molecule has 3 nitrogen and oxygen atoms in total. The molecule has 112 valence electrons. The summed E-state index contributed by atoms with van der Waals surface area (Å²) in [4.78, 5) is 26.4. The van der Waals surface area contributed by atoms with Gasteiger partial charge in [0.15, 0.2) is 11.6 Å². The van der Waals surface area contributed by atoms with Crippen LogP contribution in [0.5, 0.6) is 0 Å². The number of carbonyl (C=O) groups excluding carboxylic acids is 2. The largest absolute Gasteiger partial charge is 0.383 e. The SMILES string of the molecule is CN(C)C=C1C(=O)CC(c2cccc3ccccc23)CC1=O. The van der Waals surface area contributed by atoms with Gasteiger partial charge in [-0.15, -0.1) is 0 Å². The molecule has 2 aromatic rings. The van der Waals surface area contributed by atoms with Crippen molar-refractivity contribution in [3.05, 3.63) is 59.8 Å². The molecule has 0 atom stereocenters. The summed E-state index contributed by atoms with van der Waals surface area (Å²) in [6.45, 7) is 0. The molecule has 1 aliphatic carbocycles. The van der Waals surface area contributed by atoms with Crippen molar-refractivity contribution in [3.63, 3.8) is 0 Å². The van der Waals surface area contributed by atoms with Gasteiger partial charge in [0.2, 0.25) is 0 Å². The van der Waals surface area contributed by atoms with Crippen molar-refractivity contribution in [2.24, 2.45) is 0 Å². The predicted octanol–water partition coefficient (Wildman–Crippen LogP) is 3.30. The van der Waals surface area contributed by atoms with Crippen LogP contribution in [0.15, 0.2) is 54.2 Å². The second kappa shape index (κ2) is 5.76. The molecule has 0 spiro atoms. The van der Waals surface area contributed by atoms with Gasteiger partial charge in [0.25, 0.3) is 0 Å². The molecule has 0 heterocycles. The quantitative estimate of drug-likeness (QED) is 0.630. The Morgan fingerprint density at radius 2 is 1.59 bits per heavy atom. The van der Waals surface area contributed by atoms with Crippen molar-refractivity contribution in [2.45, 2.75) is 18.8 Å². The highest BCUT2D eigenvalue weighted by Gasteiger charge is 2.32. The van der Waals surface area contributed by atoms with Gasteiger partial charge < -0.3 is 4.90 Å². The van der Waals surface area contributed by atoms with E-state index in [4.69, 9.17) is 0 Å². The first kappa shape index (κ1) is 14.5. The van der Waals surface area contributed by atoms with Crippen LogP contribution in [0.3, 0.4) is 0 Å². The van der Waals surface area contributed by atoms with E-state index < -0.39 is 0 Å². The highest BCUT2D eigenvalue weighted by atomic mass is 16.1. The summed E-state index contributed by atoms with van der Waals surface area (Å²) in [6.07, 6.45) is 2.45. The van der Waals surface area contributed by atoms with Gasteiger partial charge in [-0.3, -0.25) is 9.59 Å². The van der Waals surface area contributed by atoms with Gasteiger partial charge in [-0.25, -0.2) is 0 Å². The molecule has 2 aromatic carbocycles. The fraction of sp³-hybridized carbons (Fsp3) is 0.263. The van der Waals surface area contributed by atoms with Crippen LogP contribution < -0.4 is 0 Å². The normalized spacial score (nSPS) is 18.6. The molecule has 0 bridgehead atoms. The summed E-state index contributed by atoms with van der Waals surface area (Å²) in [7, 11) is 3.65. The monoisotopic (exact) mass is 293 g/mol. The number of allylic oxidation sites excluding steroid dienone is 1. The minimum Gasteiger partial charge on any atom is -0.383 e. The Labute approximate surface area is 130 Å². The van der Waals surface area contributed by atoms with Crippen molar-refractivity contribution in [3.8, 4) is 0 Å². The van der Waals surface area contributed by atoms with E-state index in [0.29, 0.717) is 18.4 Å². The Hall–Kier alpha value is -2.42. The van der Waals surface area contributed by atoms with E-state index in [0.717, 1.165) is 16.3 Å². The molecule has 0 amide bonds. The predicted molar refractivity (Wildman–Crippen MR) is 87.7 cm³/mol. The Morgan fingerprint density at radius 1 is 0.955 bits per heavy atom. The first-order chi connectivity index (χ1) is 10.6. The zero-order valence-corrected chi connectivity index (χ0v) is 12.9. The molecule has 0 radical (unpaired) electrons. The lowest BCUT2D eigenvalue weighted by Crippen LogP contribution is -2.26. The van der Waals surface area contributed by atoms with E-state index in [1.807, 2.05) is 38.4 Å². The summed E-state index contributed by atoms with van der Waals surface area (Å²) in [5.74, 6) is -0.129.